The molecule has 1 saturated carbocycles. The van der Waals surface area contributed by atoms with Crippen molar-refractivity contribution in [3.8, 4) is 0 Å². The Morgan fingerprint density at radius 1 is 1.05 bits per heavy atom. The van der Waals surface area contributed by atoms with Crippen molar-refractivity contribution in [1.82, 2.24) is 10.2 Å². The van der Waals surface area contributed by atoms with E-state index in [-0.39, 0.29) is 43.8 Å². The van der Waals surface area contributed by atoms with E-state index in [4.69, 9.17) is 23.2 Å². The first-order valence-electron chi connectivity index (χ1n) is 12.6. The lowest BCUT2D eigenvalue weighted by atomic mass is 9.95. The lowest BCUT2D eigenvalue weighted by Crippen LogP contribution is -2.50. The van der Waals surface area contributed by atoms with Gasteiger partial charge in [-0.15, -0.1) is 0 Å². The van der Waals surface area contributed by atoms with Gasteiger partial charge in [0, 0.05) is 35.6 Å². The first-order chi connectivity index (χ1) is 17.6. The van der Waals surface area contributed by atoms with Crippen molar-refractivity contribution in [3.63, 3.8) is 0 Å². The van der Waals surface area contributed by atoms with E-state index in [1.54, 1.807) is 37.3 Å². The lowest BCUT2D eigenvalue weighted by Gasteiger charge is -2.31. The van der Waals surface area contributed by atoms with E-state index < -0.39 is 16.1 Å². The van der Waals surface area contributed by atoms with Crippen LogP contribution in [0.1, 0.15) is 57.4 Å². The molecule has 0 radical (unpaired) electrons. The molecule has 0 aliphatic heterocycles. The van der Waals surface area contributed by atoms with Gasteiger partial charge in [-0.3, -0.25) is 13.9 Å². The number of amides is 2. The molecule has 1 N–H and O–H groups in total. The fourth-order valence-electron chi connectivity index (χ4n) is 4.60. The molecule has 2 amide bonds. The summed E-state index contributed by atoms with van der Waals surface area (Å²) in [6, 6.07) is 13.2. The predicted octanol–water partition coefficient (Wildman–Crippen LogP) is 5.41. The molecule has 10 heteroatoms. The molecule has 7 nitrogen and oxygen atoms in total. The number of carbonyl (C=O) groups excluding carboxylic acids is 2. The van der Waals surface area contributed by atoms with E-state index in [0.717, 1.165) is 37.5 Å². The zero-order valence-electron chi connectivity index (χ0n) is 21.3. The number of benzene rings is 2. The highest BCUT2D eigenvalue weighted by atomic mass is 35.5. The molecule has 2 aromatic carbocycles. The van der Waals surface area contributed by atoms with E-state index in [0.29, 0.717) is 15.7 Å². The molecule has 0 aromatic heterocycles. The number of hydrogen-bond acceptors (Lipinski definition) is 4. The van der Waals surface area contributed by atoms with Crippen LogP contribution in [0.15, 0.2) is 48.5 Å². The van der Waals surface area contributed by atoms with Crippen LogP contribution < -0.4 is 9.62 Å². The van der Waals surface area contributed by atoms with Gasteiger partial charge in [0.25, 0.3) is 0 Å². The van der Waals surface area contributed by atoms with Gasteiger partial charge in [0.2, 0.25) is 21.8 Å². The van der Waals surface area contributed by atoms with Crippen molar-refractivity contribution < 1.29 is 18.0 Å². The topological polar surface area (TPSA) is 86.8 Å². The highest BCUT2D eigenvalue weighted by Gasteiger charge is 2.29. The number of nitrogens with zero attached hydrogens (tertiary/aromatic N) is 2. The molecule has 3 rings (SSSR count). The minimum atomic E-state index is -3.59. The summed E-state index contributed by atoms with van der Waals surface area (Å²) in [4.78, 5) is 28.1. The Morgan fingerprint density at radius 2 is 1.76 bits per heavy atom. The smallest absolute Gasteiger partial charge is 0.242 e. The highest BCUT2D eigenvalue weighted by molar-refractivity contribution is 7.92. The predicted molar refractivity (Wildman–Crippen MR) is 149 cm³/mol. The van der Waals surface area contributed by atoms with Gasteiger partial charge in [-0.2, -0.15) is 0 Å². The average Bonchev–Trinajstić information content (AvgIpc) is 2.85. The molecule has 0 bridgehead atoms. The maximum atomic E-state index is 13.4. The Hall–Kier alpha value is -2.29. The summed E-state index contributed by atoms with van der Waals surface area (Å²) in [6.45, 7) is 2.01. The van der Waals surface area contributed by atoms with Gasteiger partial charge >= 0.3 is 0 Å². The van der Waals surface area contributed by atoms with E-state index >= 15 is 0 Å². The molecule has 0 saturated heterocycles. The molecule has 37 heavy (non-hydrogen) atoms. The van der Waals surface area contributed by atoms with Crippen molar-refractivity contribution in [2.24, 2.45) is 0 Å². The van der Waals surface area contributed by atoms with E-state index in [1.165, 1.54) is 15.6 Å². The average molecular weight is 569 g/mol. The van der Waals surface area contributed by atoms with Crippen LogP contribution in [0.4, 0.5) is 5.69 Å². The first kappa shape index (κ1) is 29.3. The van der Waals surface area contributed by atoms with Gasteiger partial charge in [0.05, 0.1) is 11.9 Å². The maximum absolute atomic E-state index is 13.4. The monoisotopic (exact) mass is 567 g/mol. The highest BCUT2D eigenvalue weighted by Crippen LogP contribution is 2.24. The summed E-state index contributed by atoms with van der Waals surface area (Å²) < 4.78 is 26.1. The Balaban J connectivity index is 1.72. The molecule has 2 aromatic rings. The minimum absolute atomic E-state index is 0.0675. The van der Waals surface area contributed by atoms with Crippen molar-refractivity contribution in [2.45, 2.75) is 70.5 Å². The second-order valence-corrected chi connectivity index (χ2v) is 12.3. The van der Waals surface area contributed by atoms with Crippen LogP contribution in [0.5, 0.6) is 0 Å². The molecule has 202 valence electrons. The Kier molecular flexibility index (Phi) is 10.7. The Morgan fingerprint density at radius 3 is 2.41 bits per heavy atom. The third-order valence-electron chi connectivity index (χ3n) is 6.67. The van der Waals surface area contributed by atoms with E-state index in [2.05, 4.69) is 5.32 Å². The molecule has 1 atom stereocenters. The second kappa shape index (κ2) is 13.5. The molecular formula is C27H35Cl2N3O4S. The largest absolute Gasteiger partial charge is 0.352 e. The summed E-state index contributed by atoms with van der Waals surface area (Å²) in [7, 11) is -3.59. The molecule has 0 heterocycles. The number of nitrogens with one attached hydrogen (secondary N) is 1. The van der Waals surface area contributed by atoms with Crippen LogP contribution in [-0.2, 0) is 26.2 Å². The quantitative estimate of drug-likeness (QED) is 0.393. The summed E-state index contributed by atoms with van der Waals surface area (Å²) in [5, 5.41) is 4.05. The van der Waals surface area contributed by atoms with Crippen LogP contribution in [0.2, 0.25) is 10.0 Å². The fourth-order valence-corrected chi connectivity index (χ4v) is 5.93. The third kappa shape index (κ3) is 8.62. The van der Waals surface area contributed by atoms with Crippen LogP contribution in [0.25, 0.3) is 0 Å². The number of carbonyl (C=O) groups is 2. The third-order valence-corrected chi connectivity index (χ3v) is 8.46. The van der Waals surface area contributed by atoms with Crippen LogP contribution in [-0.4, -0.2) is 50.0 Å². The van der Waals surface area contributed by atoms with Gasteiger partial charge < -0.3 is 10.2 Å². The molecule has 1 fully saturated rings. The number of rotatable bonds is 11. The number of sulfonamides is 1. The summed E-state index contributed by atoms with van der Waals surface area (Å²) in [5.41, 5.74) is 1.18. The van der Waals surface area contributed by atoms with Crippen molar-refractivity contribution >= 4 is 50.7 Å². The molecular weight excluding hydrogens is 533 g/mol. The SMILES string of the molecule is C[C@H](C(=O)NC1CCCCC1)N(Cc1ccccc1Cl)C(=O)CCCN(c1cccc(Cl)c1)S(C)(=O)=O. The molecule has 0 unspecified atom stereocenters. The van der Waals surface area contributed by atoms with E-state index in [1.807, 2.05) is 18.2 Å². The van der Waals surface area contributed by atoms with Gasteiger partial charge in [0.1, 0.15) is 6.04 Å². The van der Waals surface area contributed by atoms with Crippen molar-refractivity contribution in [1.29, 1.82) is 0 Å². The maximum Gasteiger partial charge on any atom is 0.242 e. The second-order valence-electron chi connectivity index (χ2n) is 9.55. The van der Waals surface area contributed by atoms with E-state index in [9.17, 15) is 18.0 Å². The van der Waals surface area contributed by atoms with Crippen LogP contribution in [0.3, 0.4) is 0 Å². The van der Waals surface area contributed by atoms with Crippen molar-refractivity contribution in [2.75, 3.05) is 17.1 Å². The standard InChI is InChI=1S/C27H35Cl2N3O4S/c1-20(27(34)30-23-12-4-3-5-13-23)31(19-21-10-6-7-15-25(21)29)26(33)16-9-17-32(37(2,35)36)24-14-8-11-22(28)18-24/h6-8,10-11,14-15,18,20,23H,3-5,9,12-13,16-17,19H2,1-2H3,(H,30,34)/t20-/m1/s1. The summed E-state index contributed by atoms with van der Waals surface area (Å²) >= 11 is 12.4. The number of hydrogen-bond donors (Lipinski definition) is 1. The first-order valence-corrected chi connectivity index (χ1v) is 15.2. The Bertz CT molecular complexity index is 1190. The minimum Gasteiger partial charge on any atom is -0.352 e. The van der Waals surface area contributed by atoms with Gasteiger partial charge in [0.15, 0.2) is 0 Å². The van der Waals surface area contributed by atoms with Crippen LogP contribution in [0, 0.1) is 0 Å². The van der Waals surface area contributed by atoms with Gasteiger partial charge in [-0.05, 0) is 56.0 Å². The number of halogens is 2. The molecule has 0 spiro atoms. The Labute approximate surface area is 230 Å². The van der Waals surface area contributed by atoms with Gasteiger partial charge in [-0.25, -0.2) is 8.42 Å². The number of anilines is 1. The lowest BCUT2D eigenvalue weighted by molar-refractivity contribution is -0.141. The normalized spacial score (nSPS) is 15.1. The van der Waals surface area contributed by atoms with Crippen molar-refractivity contribution in [3.05, 3.63) is 64.1 Å². The summed E-state index contributed by atoms with van der Waals surface area (Å²) in [6.07, 6.45) is 6.71. The zero-order valence-corrected chi connectivity index (χ0v) is 23.7. The van der Waals surface area contributed by atoms with Gasteiger partial charge in [-0.1, -0.05) is 66.7 Å². The summed E-state index contributed by atoms with van der Waals surface area (Å²) in [5.74, 6) is -0.435. The molecule has 1 aliphatic rings. The zero-order chi connectivity index (χ0) is 27.0. The van der Waals surface area contributed by atoms with Crippen LogP contribution >= 0.6 is 23.2 Å². The fraction of sp³-hybridized carbons (Fsp3) is 0.481. The molecule has 1 aliphatic carbocycles.